The molecule has 2 unspecified atom stereocenters. The Labute approximate surface area is 280 Å². The maximum absolute atomic E-state index is 14.7. The lowest BCUT2D eigenvalue weighted by Crippen LogP contribution is -2.72. The minimum absolute atomic E-state index is 0.0123. The van der Waals surface area contributed by atoms with E-state index in [1.165, 1.54) is 13.0 Å². The molecule has 7 rings (SSSR count). The number of carbonyl (C=O) groups is 3. The van der Waals surface area contributed by atoms with Gasteiger partial charge in [-0.05, 0) is 93.2 Å². The summed E-state index contributed by atoms with van der Waals surface area (Å²) < 4.78 is 20.5. The van der Waals surface area contributed by atoms with Crippen LogP contribution in [0.3, 0.4) is 0 Å². The lowest BCUT2D eigenvalue weighted by Gasteiger charge is -2.56. The number of ketones is 2. The van der Waals surface area contributed by atoms with Gasteiger partial charge in [-0.25, -0.2) is 4.79 Å². The van der Waals surface area contributed by atoms with Crippen LogP contribution in [0.15, 0.2) is 41.0 Å². The molecule has 3 heterocycles. The van der Waals surface area contributed by atoms with Gasteiger partial charge in [-0.15, -0.1) is 0 Å². The third kappa shape index (κ3) is 4.82. The SMILES string of the molecule is CC(C)=CCc1c2c(c(O)c3c1O[C@]14C(=C[C@@H]5CC1C(C)(C)O[C@@]4(C/C=C(/C)C(=O)O)C5=O)C3=O)C=C[C@](C)(CCC(O)C(C)(C)O)O2. The van der Waals surface area contributed by atoms with Crippen molar-refractivity contribution in [1.29, 1.82) is 0 Å². The molecule has 1 aromatic rings. The molecule has 3 aliphatic heterocycles. The highest BCUT2D eigenvalue weighted by Gasteiger charge is 2.81. The predicted molar refractivity (Wildman–Crippen MR) is 177 cm³/mol. The lowest BCUT2D eigenvalue weighted by molar-refractivity contribution is -0.171. The Morgan fingerprint density at radius 3 is 2.42 bits per heavy atom. The van der Waals surface area contributed by atoms with E-state index in [0.29, 0.717) is 29.7 Å². The summed E-state index contributed by atoms with van der Waals surface area (Å²) in [5.74, 6) is -2.78. The Bertz CT molecular complexity index is 1750. The van der Waals surface area contributed by atoms with E-state index in [0.717, 1.165) is 5.57 Å². The Morgan fingerprint density at radius 2 is 1.79 bits per heavy atom. The molecule has 1 saturated heterocycles. The van der Waals surface area contributed by atoms with Crippen molar-refractivity contribution in [2.24, 2.45) is 11.8 Å². The molecule has 2 fully saturated rings. The molecular weight excluding hydrogens is 616 g/mol. The molecule has 1 saturated carbocycles. The number of fused-ring (bicyclic) bond motifs is 2. The summed E-state index contributed by atoms with van der Waals surface area (Å²) in [6, 6.07) is 0. The number of Topliss-reactive ketones (excluding diaryl/α,β-unsaturated/α-hetero) is 2. The van der Waals surface area contributed by atoms with Crippen molar-refractivity contribution in [3.05, 3.63) is 57.7 Å². The molecule has 258 valence electrons. The van der Waals surface area contributed by atoms with E-state index in [2.05, 4.69) is 0 Å². The number of phenols is 1. The number of carboxylic acid groups (broad SMARTS) is 1. The van der Waals surface area contributed by atoms with E-state index in [1.54, 1.807) is 32.1 Å². The van der Waals surface area contributed by atoms with E-state index in [4.69, 9.17) is 14.2 Å². The molecule has 6 atom stereocenters. The minimum atomic E-state index is -1.68. The molecule has 1 aromatic carbocycles. The van der Waals surface area contributed by atoms with E-state index in [9.17, 15) is 34.8 Å². The number of hydrogen-bond donors (Lipinski definition) is 4. The van der Waals surface area contributed by atoms with Crippen molar-refractivity contribution in [3.63, 3.8) is 0 Å². The topological polar surface area (TPSA) is 160 Å². The van der Waals surface area contributed by atoms with Crippen LogP contribution in [-0.4, -0.2) is 72.1 Å². The van der Waals surface area contributed by atoms with Crippen LogP contribution in [-0.2, 0) is 20.7 Å². The number of hydrogen-bond acceptors (Lipinski definition) is 9. The molecule has 10 heteroatoms. The van der Waals surface area contributed by atoms with Gasteiger partial charge in [0.05, 0.1) is 22.9 Å². The summed E-state index contributed by atoms with van der Waals surface area (Å²) in [6.45, 7) is 14.0. The molecule has 1 spiro atoms. The fourth-order valence-corrected chi connectivity index (χ4v) is 8.30. The number of phenolic OH excluding ortho intramolecular Hbond substituents is 1. The number of benzene rings is 1. The second-order valence-corrected chi connectivity index (χ2v) is 15.7. The van der Waals surface area contributed by atoms with Gasteiger partial charge in [-0.2, -0.15) is 0 Å². The van der Waals surface area contributed by atoms with Crippen LogP contribution < -0.4 is 9.47 Å². The van der Waals surface area contributed by atoms with Gasteiger partial charge in [0, 0.05) is 35.0 Å². The molecule has 0 radical (unpaired) electrons. The van der Waals surface area contributed by atoms with Gasteiger partial charge in [0.2, 0.25) is 0 Å². The van der Waals surface area contributed by atoms with Gasteiger partial charge < -0.3 is 34.6 Å². The van der Waals surface area contributed by atoms with Crippen molar-refractivity contribution >= 4 is 23.6 Å². The normalized spacial score (nSPS) is 31.6. The number of aliphatic hydroxyl groups is 2. The third-order valence-corrected chi connectivity index (χ3v) is 11.0. The van der Waals surface area contributed by atoms with Crippen molar-refractivity contribution in [3.8, 4) is 17.2 Å². The van der Waals surface area contributed by atoms with Gasteiger partial charge in [0.15, 0.2) is 22.8 Å². The molecule has 4 bridgehead atoms. The zero-order chi connectivity index (χ0) is 35.4. The van der Waals surface area contributed by atoms with Gasteiger partial charge in [-0.3, -0.25) is 9.59 Å². The summed E-state index contributed by atoms with van der Waals surface area (Å²) in [5.41, 5.74) is -4.30. The minimum Gasteiger partial charge on any atom is -0.506 e. The molecular formula is C38H46O10. The largest absolute Gasteiger partial charge is 0.506 e. The summed E-state index contributed by atoms with van der Waals surface area (Å²) >= 11 is 0. The molecule has 3 aliphatic carbocycles. The first kappa shape index (κ1) is 34.1. The van der Waals surface area contributed by atoms with Gasteiger partial charge in [0.1, 0.15) is 28.4 Å². The van der Waals surface area contributed by atoms with Crippen molar-refractivity contribution in [2.45, 2.75) is 122 Å². The van der Waals surface area contributed by atoms with Gasteiger partial charge >= 0.3 is 5.97 Å². The third-order valence-electron chi connectivity index (χ3n) is 11.0. The summed E-state index contributed by atoms with van der Waals surface area (Å²) in [6.07, 6.45) is 8.71. The molecule has 0 aromatic heterocycles. The Hall–Kier alpha value is -3.73. The van der Waals surface area contributed by atoms with E-state index in [-0.39, 0.29) is 53.3 Å². The average molecular weight is 663 g/mol. The summed E-state index contributed by atoms with van der Waals surface area (Å²) in [5, 5.41) is 42.3. The van der Waals surface area contributed by atoms with Crippen LogP contribution in [0.4, 0.5) is 0 Å². The van der Waals surface area contributed by atoms with Crippen LogP contribution >= 0.6 is 0 Å². The zero-order valence-electron chi connectivity index (χ0n) is 28.9. The number of carboxylic acids is 1. The first-order valence-corrected chi connectivity index (χ1v) is 16.6. The second-order valence-electron chi connectivity index (χ2n) is 15.7. The first-order valence-electron chi connectivity index (χ1n) is 16.6. The maximum atomic E-state index is 14.7. The van der Waals surface area contributed by atoms with Crippen molar-refractivity contribution < 1.29 is 49.0 Å². The number of carbonyl (C=O) groups excluding carboxylic acids is 2. The van der Waals surface area contributed by atoms with Crippen molar-refractivity contribution in [2.75, 3.05) is 0 Å². The zero-order valence-corrected chi connectivity index (χ0v) is 28.9. The number of rotatable bonds is 9. The smallest absolute Gasteiger partial charge is 0.330 e. The number of aromatic hydroxyl groups is 1. The predicted octanol–water partition coefficient (Wildman–Crippen LogP) is 5.40. The number of aliphatic carboxylic acids is 1. The number of ether oxygens (including phenoxy) is 3. The summed E-state index contributed by atoms with van der Waals surface area (Å²) in [4.78, 5) is 40.9. The van der Waals surface area contributed by atoms with Gasteiger partial charge in [-0.1, -0.05) is 23.8 Å². The number of aliphatic hydroxyl groups excluding tert-OH is 1. The molecule has 10 nitrogen and oxygen atoms in total. The van der Waals surface area contributed by atoms with Crippen LogP contribution in [0.1, 0.15) is 103 Å². The second kappa shape index (κ2) is 10.9. The van der Waals surface area contributed by atoms with Crippen LogP contribution in [0.5, 0.6) is 17.2 Å². The Kier molecular flexibility index (Phi) is 7.74. The highest BCUT2D eigenvalue weighted by atomic mass is 16.6. The fraction of sp³-hybridized carbons (Fsp3) is 0.553. The maximum Gasteiger partial charge on any atom is 0.330 e. The lowest BCUT2D eigenvalue weighted by atomic mass is 9.51. The van der Waals surface area contributed by atoms with Crippen LogP contribution in [0.25, 0.3) is 6.08 Å². The van der Waals surface area contributed by atoms with Crippen LogP contribution in [0, 0.1) is 11.8 Å². The van der Waals surface area contributed by atoms with E-state index < -0.39 is 57.7 Å². The van der Waals surface area contributed by atoms with E-state index >= 15 is 0 Å². The average Bonchev–Trinajstić information content (AvgIpc) is 3.14. The fourth-order valence-electron chi connectivity index (χ4n) is 8.30. The number of allylic oxidation sites excluding steroid dienone is 3. The van der Waals surface area contributed by atoms with Crippen LogP contribution in [0.2, 0.25) is 0 Å². The van der Waals surface area contributed by atoms with Gasteiger partial charge in [0.25, 0.3) is 0 Å². The Balaban J connectivity index is 1.56. The Morgan fingerprint density at radius 1 is 1.10 bits per heavy atom. The first-order chi connectivity index (χ1) is 22.2. The highest BCUT2D eigenvalue weighted by molar-refractivity contribution is 6.19. The molecule has 6 aliphatic rings. The standard InChI is InChI=1S/C38H46O10/c1-19(2)9-10-23-30-22(12-14-36(8,46-30)15-13-26(39)34(4,5)45)28(40)27-29(41)24-17-21-18-25-35(6,7)48-37(32(21)42,16-11-20(3)33(43)44)38(24,25)47-31(23)27/h9,11-12,14,17,21,25-26,39-40,45H,10,13,15-16,18H2,1-8H3,(H,43,44)/b20-11-/t21-,25?,26?,36-,37+,38-/m1/s1. The molecule has 4 N–H and O–H groups in total. The molecule has 48 heavy (non-hydrogen) atoms. The summed E-state index contributed by atoms with van der Waals surface area (Å²) in [7, 11) is 0. The monoisotopic (exact) mass is 662 g/mol. The van der Waals surface area contributed by atoms with Crippen molar-refractivity contribution in [1.82, 2.24) is 0 Å². The van der Waals surface area contributed by atoms with E-state index in [1.807, 2.05) is 40.7 Å². The highest BCUT2D eigenvalue weighted by Crippen LogP contribution is 2.68. The molecule has 0 amide bonds. The quantitative estimate of drug-likeness (QED) is 0.199.